The third-order valence-corrected chi connectivity index (χ3v) is 3.51. The smallest absolute Gasteiger partial charge is 0.237 e. The highest BCUT2D eigenvalue weighted by Gasteiger charge is 2.22. The van der Waals surface area contributed by atoms with Crippen molar-refractivity contribution in [2.45, 2.75) is 0 Å². The van der Waals surface area contributed by atoms with Gasteiger partial charge in [0, 0.05) is 13.1 Å². The van der Waals surface area contributed by atoms with Crippen molar-refractivity contribution in [1.82, 2.24) is 4.90 Å². The summed E-state index contributed by atoms with van der Waals surface area (Å²) in [5.41, 5.74) is 0. The van der Waals surface area contributed by atoms with Gasteiger partial charge >= 0.3 is 0 Å². The number of sulfone groups is 1. The van der Waals surface area contributed by atoms with Crippen molar-refractivity contribution in [1.29, 1.82) is 0 Å². The Morgan fingerprint density at radius 1 is 1.40 bits per heavy atom. The summed E-state index contributed by atoms with van der Waals surface area (Å²) in [7, 11) is -3.33. The van der Waals surface area contributed by atoms with E-state index in [2.05, 4.69) is 6.58 Å². The minimum Gasteiger partial charge on any atom is -0.378 e. The van der Waals surface area contributed by atoms with Gasteiger partial charge in [0.25, 0.3) is 0 Å². The van der Waals surface area contributed by atoms with Crippen molar-refractivity contribution in [3.63, 3.8) is 0 Å². The van der Waals surface area contributed by atoms with Crippen LogP contribution in [0.5, 0.6) is 0 Å². The van der Waals surface area contributed by atoms with Crippen molar-refractivity contribution < 1.29 is 17.9 Å². The summed E-state index contributed by atoms with van der Waals surface area (Å²) in [6.07, 6.45) is 1.29. The lowest BCUT2D eigenvalue weighted by molar-refractivity contribution is -0.132. The Hall–Kier alpha value is -0.880. The molecule has 1 fully saturated rings. The molecule has 0 atom stereocenters. The predicted octanol–water partition coefficient (Wildman–Crippen LogP) is -0.554. The number of ether oxygens (including phenoxy) is 1. The Morgan fingerprint density at radius 3 is 2.53 bits per heavy atom. The lowest BCUT2D eigenvalue weighted by Gasteiger charge is -2.26. The van der Waals surface area contributed by atoms with Gasteiger partial charge < -0.3 is 9.64 Å². The monoisotopic (exact) mass is 233 g/mol. The molecule has 6 heteroatoms. The van der Waals surface area contributed by atoms with Crippen molar-refractivity contribution >= 4 is 15.7 Å². The van der Waals surface area contributed by atoms with Crippen LogP contribution in [0, 0.1) is 0 Å². The first kappa shape index (κ1) is 12.2. The van der Waals surface area contributed by atoms with E-state index in [1.165, 1.54) is 11.0 Å². The zero-order chi connectivity index (χ0) is 11.3. The maximum absolute atomic E-state index is 11.5. The van der Waals surface area contributed by atoms with E-state index in [0.29, 0.717) is 26.3 Å². The molecule has 0 aromatic carbocycles. The van der Waals surface area contributed by atoms with Gasteiger partial charge in [0.1, 0.15) is 5.75 Å². The molecule has 0 aromatic heterocycles. The molecule has 0 bridgehead atoms. The number of morpholine rings is 1. The summed E-state index contributed by atoms with van der Waals surface area (Å²) in [5.74, 6) is -0.928. The van der Waals surface area contributed by atoms with Crippen LogP contribution in [0.3, 0.4) is 0 Å². The Kier molecular flexibility index (Phi) is 4.28. The Morgan fingerprint density at radius 2 is 2.00 bits per heavy atom. The second kappa shape index (κ2) is 5.27. The molecule has 0 radical (unpaired) electrons. The molecule has 0 saturated carbocycles. The number of hydrogen-bond acceptors (Lipinski definition) is 4. The molecule has 0 unspecified atom stereocenters. The highest BCUT2D eigenvalue weighted by Crippen LogP contribution is 2.00. The van der Waals surface area contributed by atoms with Crippen molar-refractivity contribution in [3.8, 4) is 0 Å². The number of rotatable bonds is 4. The van der Waals surface area contributed by atoms with Gasteiger partial charge in [-0.1, -0.05) is 6.08 Å². The fraction of sp³-hybridized carbons (Fsp3) is 0.667. The van der Waals surface area contributed by atoms with Crippen molar-refractivity contribution in [3.05, 3.63) is 12.7 Å². The Labute approximate surface area is 89.6 Å². The Balaban J connectivity index is 2.50. The molecule has 15 heavy (non-hydrogen) atoms. The van der Waals surface area contributed by atoms with Crippen LogP contribution in [0.1, 0.15) is 0 Å². The number of carbonyl (C=O) groups excluding carboxylic acids is 1. The average Bonchev–Trinajstić information content (AvgIpc) is 2.18. The maximum atomic E-state index is 11.5. The number of hydrogen-bond donors (Lipinski definition) is 0. The van der Waals surface area contributed by atoms with Gasteiger partial charge in [0.05, 0.1) is 19.0 Å². The molecule has 1 aliphatic heterocycles. The quantitative estimate of drug-likeness (QED) is 0.611. The van der Waals surface area contributed by atoms with E-state index < -0.39 is 15.6 Å². The van der Waals surface area contributed by atoms with Crippen LogP contribution >= 0.6 is 0 Å². The fourth-order valence-corrected chi connectivity index (χ4v) is 2.37. The van der Waals surface area contributed by atoms with E-state index >= 15 is 0 Å². The largest absolute Gasteiger partial charge is 0.378 e. The van der Waals surface area contributed by atoms with E-state index in [-0.39, 0.29) is 11.7 Å². The SMILES string of the molecule is C=CCS(=O)(=O)CC(=O)N1CCOCC1. The zero-order valence-electron chi connectivity index (χ0n) is 8.52. The standard InChI is InChI=1S/C9H15NO4S/c1-2-7-15(12,13)8-9(11)10-3-5-14-6-4-10/h2H,1,3-8H2. The second-order valence-corrected chi connectivity index (χ2v) is 5.45. The molecule has 0 N–H and O–H groups in total. The third kappa shape index (κ3) is 4.01. The highest BCUT2D eigenvalue weighted by molar-refractivity contribution is 7.92. The molecule has 1 rings (SSSR count). The lowest BCUT2D eigenvalue weighted by Crippen LogP contribution is -2.43. The highest BCUT2D eigenvalue weighted by atomic mass is 32.2. The molecule has 1 saturated heterocycles. The summed E-state index contributed by atoms with van der Waals surface area (Å²) in [4.78, 5) is 13.1. The van der Waals surface area contributed by atoms with Crippen LogP contribution in [0.15, 0.2) is 12.7 Å². The molecule has 0 spiro atoms. The van der Waals surface area contributed by atoms with E-state index in [0.717, 1.165) is 0 Å². The zero-order valence-corrected chi connectivity index (χ0v) is 9.33. The summed E-state index contributed by atoms with van der Waals surface area (Å²) in [6.45, 7) is 5.25. The van der Waals surface area contributed by atoms with Crippen molar-refractivity contribution in [2.75, 3.05) is 37.8 Å². The van der Waals surface area contributed by atoms with Gasteiger partial charge in [-0.15, -0.1) is 6.58 Å². The molecule has 0 aliphatic carbocycles. The minimum atomic E-state index is -3.33. The molecular formula is C9H15NO4S. The molecule has 0 aromatic rings. The molecule has 86 valence electrons. The summed E-state index contributed by atoms with van der Waals surface area (Å²) >= 11 is 0. The van der Waals surface area contributed by atoms with E-state index in [1.807, 2.05) is 0 Å². The fourth-order valence-electron chi connectivity index (χ4n) is 1.33. The van der Waals surface area contributed by atoms with Gasteiger partial charge in [0.15, 0.2) is 9.84 Å². The first-order chi connectivity index (χ1) is 7.05. The van der Waals surface area contributed by atoms with Gasteiger partial charge in [-0.2, -0.15) is 0 Å². The molecular weight excluding hydrogens is 218 g/mol. The average molecular weight is 233 g/mol. The molecule has 5 nitrogen and oxygen atoms in total. The first-order valence-corrected chi connectivity index (χ1v) is 6.54. The third-order valence-electron chi connectivity index (χ3n) is 2.08. The van der Waals surface area contributed by atoms with Crippen molar-refractivity contribution in [2.24, 2.45) is 0 Å². The van der Waals surface area contributed by atoms with Crippen LogP contribution in [-0.4, -0.2) is 57.0 Å². The van der Waals surface area contributed by atoms with Crippen LogP contribution in [0.25, 0.3) is 0 Å². The summed E-state index contributed by atoms with van der Waals surface area (Å²) in [5, 5.41) is 0. The van der Waals surface area contributed by atoms with Crippen LogP contribution in [0.4, 0.5) is 0 Å². The van der Waals surface area contributed by atoms with E-state index in [9.17, 15) is 13.2 Å². The van der Waals surface area contributed by atoms with Crippen LogP contribution < -0.4 is 0 Å². The minimum absolute atomic E-state index is 0.150. The van der Waals surface area contributed by atoms with E-state index in [1.54, 1.807) is 0 Å². The number of nitrogens with zero attached hydrogens (tertiary/aromatic N) is 1. The summed E-state index contributed by atoms with van der Waals surface area (Å²) < 4.78 is 27.7. The topological polar surface area (TPSA) is 63.7 Å². The number of amides is 1. The number of carbonyl (C=O) groups is 1. The molecule has 1 aliphatic rings. The van der Waals surface area contributed by atoms with Gasteiger partial charge in [-0.3, -0.25) is 4.79 Å². The molecule has 1 amide bonds. The van der Waals surface area contributed by atoms with E-state index in [4.69, 9.17) is 4.74 Å². The normalized spacial score (nSPS) is 17.5. The van der Waals surface area contributed by atoms with Crippen LogP contribution in [-0.2, 0) is 19.4 Å². The first-order valence-electron chi connectivity index (χ1n) is 4.72. The summed E-state index contributed by atoms with van der Waals surface area (Å²) in [6, 6.07) is 0. The van der Waals surface area contributed by atoms with Gasteiger partial charge in [0.2, 0.25) is 5.91 Å². The second-order valence-electron chi connectivity index (χ2n) is 3.34. The molecule has 1 heterocycles. The maximum Gasteiger partial charge on any atom is 0.237 e. The van der Waals surface area contributed by atoms with Gasteiger partial charge in [-0.05, 0) is 0 Å². The predicted molar refractivity (Wildman–Crippen MR) is 56.2 cm³/mol. The van der Waals surface area contributed by atoms with Gasteiger partial charge in [-0.25, -0.2) is 8.42 Å². The lowest BCUT2D eigenvalue weighted by atomic mass is 10.4. The Bertz CT molecular complexity index is 330. The van der Waals surface area contributed by atoms with Crippen LogP contribution in [0.2, 0.25) is 0 Å².